The number of nitrogens with one attached hydrogen (secondary N) is 1. The zero-order chi connectivity index (χ0) is 22.1. The Balaban J connectivity index is 1.79. The van der Waals surface area contributed by atoms with E-state index in [0.29, 0.717) is 17.0 Å². The molecule has 3 aromatic rings. The molecule has 2 amide bonds. The number of rotatable bonds is 5. The van der Waals surface area contributed by atoms with Crippen molar-refractivity contribution in [1.82, 2.24) is 9.88 Å². The number of hydrogen-bond donors (Lipinski definition) is 1. The van der Waals surface area contributed by atoms with Gasteiger partial charge in [-0.1, -0.05) is 35.9 Å². The molecule has 0 radical (unpaired) electrons. The molecule has 1 aromatic heterocycles. The van der Waals surface area contributed by atoms with E-state index in [9.17, 15) is 9.59 Å². The van der Waals surface area contributed by atoms with Crippen LogP contribution in [0, 0.1) is 27.7 Å². The highest BCUT2D eigenvalue weighted by atomic mass is 16.2. The predicted octanol–water partition coefficient (Wildman–Crippen LogP) is 4.71. The van der Waals surface area contributed by atoms with Crippen molar-refractivity contribution in [2.24, 2.45) is 0 Å². The molecule has 0 saturated heterocycles. The average Bonchev–Trinajstić information content (AvgIpc) is 2.96. The lowest BCUT2D eigenvalue weighted by Crippen LogP contribution is -2.32. The van der Waals surface area contributed by atoms with Gasteiger partial charge in [0.15, 0.2) is 0 Å². The van der Waals surface area contributed by atoms with Crippen molar-refractivity contribution in [3.8, 4) is 0 Å². The molecular formula is C26H25N3O2. The summed E-state index contributed by atoms with van der Waals surface area (Å²) in [5, 5.41) is 3.24. The number of imide groups is 1. The standard InChI is InChI=1S/C26H25N3O2/c1-16-8-11-22(19(4)13-16)23-24(28-20-10-9-17(2)18(3)14-20)26(31)29(25(23)30)15-21-7-5-6-12-27-21/h5-14,28H,15H2,1-4H3. The molecule has 2 heterocycles. The van der Waals surface area contributed by atoms with Crippen molar-refractivity contribution >= 4 is 23.1 Å². The Kier molecular flexibility index (Phi) is 5.42. The Morgan fingerprint density at radius 3 is 2.32 bits per heavy atom. The van der Waals surface area contributed by atoms with Gasteiger partial charge in [0.1, 0.15) is 5.70 Å². The maximum Gasteiger partial charge on any atom is 0.278 e. The Bertz CT molecular complexity index is 1210. The second-order valence-corrected chi connectivity index (χ2v) is 8.01. The molecular weight excluding hydrogens is 386 g/mol. The molecule has 4 rings (SSSR count). The number of carbonyl (C=O) groups is 2. The first kappa shape index (κ1) is 20.5. The van der Waals surface area contributed by atoms with Crippen molar-refractivity contribution in [2.45, 2.75) is 34.2 Å². The number of anilines is 1. The van der Waals surface area contributed by atoms with Crippen LogP contribution in [-0.4, -0.2) is 21.7 Å². The Morgan fingerprint density at radius 2 is 1.65 bits per heavy atom. The summed E-state index contributed by atoms with van der Waals surface area (Å²) >= 11 is 0. The number of pyridine rings is 1. The molecule has 0 fully saturated rings. The minimum Gasteiger partial charge on any atom is -0.350 e. The van der Waals surface area contributed by atoms with E-state index in [4.69, 9.17) is 0 Å². The molecule has 5 nitrogen and oxygen atoms in total. The van der Waals surface area contributed by atoms with Gasteiger partial charge in [-0.05, 0) is 74.2 Å². The monoisotopic (exact) mass is 411 g/mol. The van der Waals surface area contributed by atoms with Gasteiger partial charge in [-0.2, -0.15) is 0 Å². The van der Waals surface area contributed by atoms with E-state index in [1.54, 1.807) is 6.20 Å². The number of carbonyl (C=O) groups excluding carboxylic acids is 2. The number of benzene rings is 2. The first-order valence-corrected chi connectivity index (χ1v) is 10.3. The van der Waals surface area contributed by atoms with Crippen molar-refractivity contribution in [3.63, 3.8) is 0 Å². The Labute approximate surface area is 182 Å². The number of amides is 2. The minimum absolute atomic E-state index is 0.130. The van der Waals surface area contributed by atoms with Crippen LogP contribution in [0.4, 0.5) is 5.69 Å². The third-order valence-electron chi connectivity index (χ3n) is 5.64. The molecule has 0 saturated carbocycles. The molecule has 0 bridgehead atoms. The lowest BCUT2D eigenvalue weighted by Gasteiger charge is -2.15. The average molecular weight is 412 g/mol. The third kappa shape index (κ3) is 3.99. The van der Waals surface area contributed by atoms with Gasteiger partial charge in [0.2, 0.25) is 0 Å². The van der Waals surface area contributed by atoms with Crippen LogP contribution in [0.25, 0.3) is 5.57 Å². The molecule has 1 N–H and O–H groups in total. The van der Waals surface area contributed by atoms with Crippen LogP contribution in [0.5, 0.6) is 0 Å². The normalized spacial score (nSPS) is 13.9. The first-order valence-electron chi connectivity index (χ1n) is 10.3. The third-order valence-corrected chi connectivity index (χ3v) is 5.64. The molecule has 1 aliphatic rings. The summed E-state index contributed by atoms with van der Waals surface area (Å²) in [5.41, 5.74) is 7.24. The molecule has 156 valence electrons. The van der Waals surface area contributed by atoms with Gasteiger partial charge in [-0.3, -0.25) is 19.5 Å². The van der Waals surface area contributed by atoms with Crippen LogP contribution in [0.1, 0.15) is 33.5 Å². The second-order valence-electron chi connectivity index (χ2n) is 8.01. The number of aromatic nitrogens is 1. The van der Waals surface area contributed by atoms with E-state index < -0.39 is 0 Å². The summed E-state index contributed by atoms with van der Waals surface area (Å²) in [4.78, 5) is 32.4. The molecule has 2 aromatic carbocycles. The number of aryl methyl sites for hydroxylation is 4. The van der Waals surface area contributed by atoms with Crippen molar-refractivity contribution < 1.29 is 9.59 Å². The van der Waals surface area contributed by atoms with E-state index in [1.165, 1.54) is 10.5 Å². The van der Waals surface area contributed by atoms with Gasteiger partial charge in [0, 0.05) is 11.9 Å². The summed E-state index contributed by atoms with van der Waals surface area (Å²) in [5.74, 6) is -0.655. The predicted molar refractivity (Wildman–Crippen MR) is 122 cm³/mol. The first-order chi connectivity index (χ1) is 14.8. The Morgan fingerprint density at radius 1 is 0.839 bits per heavy atom. The topological polar surface area (TPSA) is 62.3 Å². The van der Waals surface area contributed by atoms with Gasteiger partial charge >= 0.3 is 0 Å². The lowest BCUT2D eigenvalue weighted by atomic mass is 9.97. The molecule has 31 heavy (non-hydrogen) atoms. The van der Waals surface area contributed by atoms with Crippen molar-refractivity contribution in [1.29, 1.82) is 0 Å². The second kappa shape index (κ2) is 8.19. The van der Waals surface area contributed by atoms with Crippen LogP contribution in [0.15, 0.2) is 66.5 Å². The molecule has 0 unspecified atom stereocenters. The number of nitrogens with zero attached hydrogens (tertiary/aromatic N) is 2. The van der Waals surface area contributed by atoms with Gasteiger partial charge in [0.25, 0.3) is 11.8 Å². The van der Waals surface area contributed by atoms with Crippen molar-refractivity contribution in [3.05, 3.63) is 100 Å². The highest BCUT2D eigenvalue weighted by molar-refractivity contribution is 6.36. The van der Waals surface area contributed by atoms with E-state index in [1.807, 2.05) is 82.3 Å². The summed E-state index contributed by atoms with van der Waals surface area (Å²) in [6.45, 7) is 8.16. The summed E-state index contributed by atoms with van der Waals surface area (Å²) in [6.07, 6.45) is 1.66. The maximum atomic E-state index is 13.5. The summed E-state index contributed by atoms with van der Waals surface area (Å²) in [6, 6.07) is 17.3. The fourth-order valence-corrected chi connectivity index (χ4v) is 3.80. The van der Waals surface area contributed by atoms with E-state index in [-0.39, 0.29) is 18.4 Å². The zero-order valence-corrected chi connectivity index (χ0v) is 18.2. The van der Waals surface area contributed by atoms with Crippen LogP contribution in [0.2, 0.25) is 0 Å². The molecule has 0 atom stereocenters. The largest absolute Gasteiger partial charge is 0.350 e. The van der Waals surface area contributed by atoms with Crippen LogP contribution < -0.4 is 5.32 Å². The minimum atomic E-state index is -0.344. The fraction of sp³-hybridized carbons (Fsp3) is 0.192. The smallest absolute Gasteiger partial charge is 0.278 e. The molecule has 1 aliphatic heterocycles. The quantitative estimate of drug-likeness (QED) is 0.618. The molecule has 5 heteroatoms. The van der Waals surface area contributed by atoms with Gasteiger partial charge in [0.05, 0.1) is 17.8 Å². The Hall–Kier alpha value is -3.73. The van der Waals surface area contributed by atoms with Gasteiger partial charge < -0.3 is 5.32 Å². The number of hydrogen-bond acceptors (Lipinski definition) is 4. The van der Waals surface area contributed by atoms with Gasteiger partial charge in [-0.15, -0.1) is 0 Å². The highest BCUT2D eigenvalue weighted by Gasteiger charge is 2.39. The van der Waals surface area contributed by atoms with E-state index >= 15 is 0 Å². The van der Waals surface area contributed by atoms with E-state index in [0.717, 1.165) is 27.9 Å². The molecule has 0 spiro atoms. The van der Waals surface area contributed by atoms with Crippen LogP contribution >= 0.6 is 0 Å². The van der Waals surface area contributed by atoms with Gasteiger partial charge in [-0.25, -0.2) is 0 Å². The maximum absolute atomic E-state index is 13.5. The fourth-order valence-electron chi connectivity index (χ4n) is 3.80. The molecule has 0 aliphatic carbocycles. The van der Waals surface area contributed by atoms with E-state index in [2.05, 4.69) is 10.3 Å². The summed E-state index contributed by atoms with van der Waals surface area (Å²) < 4.78 is 0. The SMILES string of the molecule is Cc1ccc(C2=C(Nc3ccc(C)c(C)c3)C(=O)N(Cc3ccccn3)C2=O)c(C)c1. The highest BCUT2D eigenvalue weighted by Crippen LogP contribution is 2.33. The zero-order valence-electron chi connectivity index (χ0n) is 18.2. The van der Waals surface area contributed by atoms with Crippen LogP contribution in [0.3, 0.4) is 0 Å². The van der Waals surface area contributed by atoms with Crippen molar-refractivity contribution in [2.75, 3.05) is 5.32 Å². The lowest BCUT2D eigenvalue weighted by molar-refractivity contribution is -0.137. The van der Waals surface area contributed by atoms with Crippen LogP contribution in [-0.2, 0) is 16.1 Å². The summed E-state index contributed by atoms with van der Waals surface area (Å²) in [7, 11) is 0.